The van der Waals surface area contributed by atoms with E-state index in [0.717, 1.165) is 6.42 Å². The molecule has 0 aliphatic carbocycles. The number of allylic oxidation sites excluding steroid dienone is 1. The largest absolute Gasteiger partial charge is 0.293 e. The quantitative estimate of drug-likeness (QED) is 0.600. The van der Waals surface area contributed by atoms with E-state index in [9.17, 15) is 13.2 Å². The molecule has 18 heavy (non-hydrogen) atoms. The van der Waals surface area contributed by atoms with Crippen molar-refractivity contribution in [3.05, 3.63) is 12.2 Å². The number of hydrogen-bond acceptors (Lipinski definition) is 5. The van der Waals surface area contributed by atoms with Gasteiger partial charge in [-0.15, -0.1) is 23.5 Å². The fourth-order valence-electron chi connectivity index (χ4n) is 1.90. The number of rotatable bonds is 6. The first-order valence-corrected chi connectivity index (χ1v) is 9.13. The summed E-state index contributed by atoms with van der Waals surface area (Å²) in [4.78, 5) is 11.9. The third-order valence-corrected chi connectivity index (χ3v) is 7.50. The zero-order chi connectivity index (χ0) is 14.0. The molecule has 7 heteroatoms. The van der Waals surface area contributed by atoms with Crippen LogP contribution in [-0.4, -0.2) is 39.6 Å². The molecular formula is C11H18O4S3. The van der Waals surface area contributed by atoms with Crippen molar-refractivity contribution in [2.75, 3.05) is 11.5 Å². The van der Waals surface area contributed by atoms with Gasteiger partial charge in [0.05, 0.1) is 15.1 Å². The third kappa shape index (κ3) is 4.29. The number of ketones is 1. The Labute approximate surface area is 117 Å². The minimum Gasteiger partial charge on any atom is -0.293 e. The van der Waals surface area contributed by atoms with Crippen LogP contribution in [0.4, 0.5) is 0 Å². The highest BCUT2D eigenvalue weighted by Gasteiger charge is 2.45. The first kappa shape index (κ1) is 16.1. The molecule has 2 atom stereocenters. The van der Waals surface area contributed by atoms with Gasteiger partial charge in [-0.2, -0.15) is 8.42 Å². The van der Waals surface area contributed by atoms with Crippen LogP contribution >= 0.6 is 23.5 Å². The van der Waals surface area contributed by atoms with Crippen molar-refractivity contribution in [1.82, 2.24) is 0 Å². The van der Waals surface area contributed by atoms with E-state index in [1.165, 1.54) is 23.5 Å². The normalized spacial score (nSPS) is 28.3. The maximum Gasteiger partial charge on any atom is 0.267 e. The topological polar surface area (TPSA) is 71.4 Å². The Balaban J connectivity index is 2.84. The molecule has 0 saturated carbocycles. The average Bonchev–Trinajstić information content (AvgIpc) is 2.58. The zero-order valence-corrected chi connectivity index (χ0v) is 13.0. The Bertz CT molecular complexity index is 443. The summed E-state index contributed by atoms with van der Waals surface area (Å²) in [6.07, 6.45) is 1.46. The summed E-state index contributed by atoms with van der Waals surface area (Å²) in [5, 5.41) is -0.249. The number of carbonyl (C=O) groups is 1. The SMILES string of the molecule is C=C(C)C(=O)C1CSC(CCC)(CS(=O)(=O)O)S1. The van der Waals surface area contributed by atoms with Gasteiger partial charge in [-0.25, -0.2) is 0 Å². The smallest absolute Gasteiger partial charge is 0.267 e. The Morgan fingerprint density at radius 2 is 2.17 bits per heavy atom. The number of thioether (sulfide) groups is 2. The van der Waals surface area contributed by atoms with Gasteiger partial charge in [-0.05, 0) is 18.9 Å². The van der Waals surface area contributed by atoms with Crippen LogP contribution in [0.2, 0.25) is 0 Å². The second-order valence-corrected chi connectivity index (χ2v) is 9.15. The van der Waals surface area contributed by atoms with Crippen molar-refractivity contribution in [3.63, 3.8) is 0 Å². The molecule has 0 aromatic carbocycles. The van der Waals surface area contributed by atoms with Crippen molar-refractivity contribution in [2.24, 2.45) is 0 Å². The lowest BCUT2D eigenvalue weighted by Crippen LogP contribution is -2.29. The van der Waals surface area contributed by atoms with E-state index in [0.29, 0.717) is 17.7 Å². The van der Waals surface area contributed by atoms with E-state index in [-0.39, 0.29) is 16.8 Å². The van der Waals surface area contributed by atoms with Crippen LogP contribution in [0.25, 0.3) is 0 Å². The second kappa shape index (κ2) is 5.98. The Hall–Kier alpha value is 0.0200. The highest BCUT2D eigenvalue weighted by atomic mass is 32.2. The van der Waals surface area contributed by atoms with Gasteiger partial charge in [0.1, 0.15) is 0 Å². The van der Waals surface area contributed by atoms with Crippen molar-refractivity contribution in [1.29, 1.82) is 0 Å². The Morgan fingerprint density at radius 1 is 1.56 bits per heavy atom. The number of hydrogen-bond donors (Lipinski definition) is 1. The van der Waals surface area contributed by atoms with E-state index in [2.05, 4.69) is 6.58 Å². The lowest BCUT2D eigenvalue weighted by Gasteiger charge is -2.25. The van der Waals surface area contributed by atoms with Crippen LogP contribution < -0.4 is 0 Å². The van der Waals surface area contributed by atoms with Crippen LogP contribution in [0.3, 0.4) is 0 Å². The lowest BCUT2D eigenvalue weighted by molar-refractivity contribution is -0.114. The van der Waals surface area contributed by atoms with E-state index >= 15 is 0 Å². The summed E-state index contributed by atoms with van der Waals surface area (Å²) >= 11 is 2.82. The van der Waals surface area contributed by atoms with E-state index in [4.69, 9.17) is 4.55 Å². The maximum absolute atomic E-state index is 11.9. The van der Waals surface area contributed by atoms with E-state index in [1.807, 2.05) is 6.92 Å². The number of Topliss-reactive ketones (excluding diaryl/α,β-unsaturated/α-hetero) is 1. The molecule has 2 unspecified atom stereocenters. The molecule has 0 radical (unpaired) electrons. The van der Waals surface area contributed by atoms with Crippen molar-refractivity contribution in [3.8, 4) is 0 Å². The van der Waals surface area contributed by atoms with E-state index in [1.54, 1.807) is 6.92 Å². The molecule has 0 spiro atoms. The van der Waals surface area contributed by atoms with Crippen LogP contribution in [0.15, 0.2) is 12.2 Å². The van der Waals surface area contributed by atoms with E-state index < -0.39 is 14.2 Å². The first-order chi connectivity index (χ1) is 8.19. The summed E-state index contributed by atoms with van der Waals surface area (Å²) in [5.41, 5.74) is 0.493. The number of carbonyl (C=O) groups excluding carboxylic acids is 1. The minimum absolute atomic E-state index is 0.0270. The molecule has 1 saturated heterocycles. The molecule has 1 N–H and O–H groups in total. The van der Waals surface area contributed by atoms with Gasteiger partial charge < -0.3 is 0 Å². The molecule has 0 aromatic rings. The molecule has 4 nitrogen and oxygen atoms in total. The molecule has 0 aromatic heterocycles. The highest BCUT2D eigenvalue weighted by Crippen LogP contribution is 2.52. The molecule has 1 heterocycles. The Morgan fingerprint density at radius 3 is 2.61 bits per heavy atom. The fourth-order valence-corrected chi connectivity index (χ4v) is 7.50. The molecule has 1 aliphatic heterocycles. The molecule has 1 aliphatic rings. The van der Waals surface area contributed by atoms with Crippen LogP contribution in [-0.2, 0) is 14.9 Å². The standard InChI is InChI=1S/C11H18O4S3/c1-4-5-11(7-18(13,14)15)16-6-9(17-11)10(12)8(2)3/h9H,2,4-7H2,1,3H3,(H,13,14,15). The molecule has 0 amide bonds. The molecule has 104 valence electrons. The third-order valence-electron chi connectivity index (χ3n) is 2.60. The summed E-state index contributed by atoms with van der Waals surface area (Å²) in [7, 11) is -4.03. The molecule has 0 bridgehead atoms. The van der Waals surface area contributed by atoms with Crippen molar-refractivity contribution < 1.29 is 17.8 Å². The fraction of sp³-hybridized carbons (Fsp3) is 0.727. The maximum atomic E-state index is 11.9. The van der Waals surface area contributed by atoms with Gasteiger partial charge in [0.15, 0.2) is 5.78 Å². The van der Waals surface area contributed by atoms with Gasteiger partial charge in [0.2, 0.25) is 0 Å². The van der Waals surface area contributed by atoms with Crippen molar-refractivity contribution in [2.45, 2.75) is 36.0 Å². The summed E-state index contributed by atoms with van der Waals surface area (Å²) in [5.74, 6) is 0.246. The van der Waals surface area contributed by atoms with Crippen LogP contribution in [0.5, 0.6) is 0 Å². The summed E-state index contributed by atoms with van der Waals surface area (Å²) < 4.78 is 30.7. The molecule has 1 fully saturated rings. The average molecular weight is 310 g/mol. The second-order valence-electron chi connectivity index (χ2n) is 4.45. The monoisotopic (exact) mass is 310 g/mol. The van der Waals surface area contributed by atoms with Gasteiger partial charge >= 0.3 is 0 Å². The lowest BCUT2D eigenvalue weighted by atomic mass is 10.2. The predicted molar refractivity (Wildman–Crippen MR) is 77.7 cm³/mol. The van der Waals surface area contributed by atoms with Crippen LogP contribution in [0, 0.1) is 0 Å². The predicted octanol–water partition coefficient (Wildman–Crippen LogP) is 2.36. The van der Waals surface area contributed by atoms with Gasteiger partial charge in [-0.1, -0.05) is 19.9 Å². The molecular weight excluding hydrogens is 292 g/mol. The molecule has 1 rings (SSSR count). The summed E-state index contributed by atoms with van der Waals surface area (Å²) in [6, 6.07) is 0. The van der Waals surface area contributed by atoms with Crippen molar-refractivity contribution >= 4 is 39.4 Å². The van der Waals surface area contributed by atoms with Crippen LogP contribution in [0.1, 0.15) is 26.7 Å². The summed E-state index contributed by atoms with van der Waals surface area (Å²) in [6.45, 7) is 7.25. The van der Waals surface area contributed by atoms with Gasteiger partial charge in [-0.3, -0.25) is 9.35 Å². The zero-order valence-electron chi connectivity index (χ0n) is 10.5. The first-order valence-electron chi connectivity index (χ1n) is 5.66. The van der Waals surface area contributed by atoms with Gasteiger partial charge in [0.25, 0.3) is 10.1 Å². The highest BCUT2D eigenvalue weighted by molar-refractivity contribution is 8.22. The van der Waals surface area contributed by atoms with Gasteiger partial charge in [0, 0.05) is 5.75 Å². The Kier molecular flexibility index (Phi) is 5.34. The minimum atomic E-state index is -4.03.